The molecule has 1 saturated carbocycles. The molecule has 110 valence electrons. The summed E-state index contributed by atoms with van der Waals surface area (Å²) in [6, 6.07) is 5.67. The maximum atomic E-state index is 12.4. The SMILES string of the molecule is O=C(N[C@@H]1C[C@@H]2OCC[C@@H]21)C1=Cc2cc(Cl)ccc2OC1. The van der Waals surface area contributed by atoms with Crippen molar-refractivity contribution in [3.05, 3.63) is 34.4 Å². The lowest BCUT2D eigenvalue weighted by Gasteiger charge is -2.39. The molecule has 0 aromatic heterocycles. The fourth-order valence-corrected chi connectivity index (χ4v) is 3.48. The number of carbonyl (C=O) groups excluding carboxylic acids is 1. The van der Waals surface area contributed by atoms with Gasteiger partial charge in [-0.3, -0.25) is 4.79 Å². The third kappa shape index (κ3) is 2.32. The van der Waals surface area contributed by atoms with Crippen molar-refractivity contribution in [1.82, 2.24) is 5.32 Å². The van der Waals surface area contributed by atoms with Crippen molar-refractivity contribution in [2.24, 2.45) is 5.92 Å². The van der Waals surface area contributed by atoms with Crippen LogP contribution in [0.15, 0.2) is 23.8 Å². The molecule has 21 heavy (non-hydrogen) atoms. The Morgan fingerprint density at radius 2 is 2.29 bits per heavy atom. The topological polar surface area (TPSA) is 47.6 Å². The first-order valence-corrected chi connectivity index (χ1v) is 7.64. The monoisotopic (exact) mass is 305 g/mol. The molecule has 1 N–H and O–H groups in total. The fourth-order valence-electron chi connectivity index (χ4n) is 3.30. The molecule has 0 unspecified atom stereocenters. The highest BCUT2D eigenvalue weighted by Crippen LogP contribution is 2.38. The second kappa shape index (κ2) is 5.04. The summed E-state index contributed by atoms with van der Waals surface area (Å²) < 4.78 is 11.2. The van der Waals surface area contributed by atoms with Crippen LogP contribution in [0.5, 0.6) is 5.75 Å². The third-order valence-corrected chi connectivity index (χ3v) is 4.79. The van der Waals surface area contributed by atoms with Gasteiger partial charge >= 0.3 is 0 Å². The van der Waals surface area contributed by atoms with E-state index in [1.807, 2.05) is 18.2 Å². The van der Waals surface area contributed by atoms with E-state index in [2.05, 4.69) is 5.32 Å². The minimum atomic E-state index is -0.0454. The van der Waals surface area contributed by atoms with Crippen LogP contribution < -0.4 is 10.1 Å². The molecule has 3 atom stereocenters. The standard InChI is InChI=1S/C16H16ClNO3/c17-11-1-2-14-9(6-11)5-10(8-21-14)16(19)18-13-7-15-12(13)3-4-20-15/h1-2,5-6,12-13,15H,3-4,7-8H2,(H,18,19)/t12-,13-,15+/m1/s1. The molecule has 3 aliphatic rings. The van der Waals surface area contributed by atoms with Gasteiger partial charge in [0, 0.05) is 29.2 Å². The maximum absolute atomic E-state index is 12.4. The van der Waals surface area contributed by atoms with Gasteiger partial charge in [0.15, 0.2) is 0 Å². The lowest BCUT2D eigenvalue weighted by Crippen LogP contribution is -2.54. The van der Waals surface area contributed by atoms with E-state index in [1.165, 1.54) is 0 Å². The Morgan fingerprint density at radius 3 is 3.14 bits per heavy atom. The summed E-state index contributed by atoms with van der Waals surface area (Å²) in [6.45, 7) is 1.12. The normalized spacial score (nSPS) is 29.6. The Balaban J connectivity index is 1.47. The predicted molar refractivity (Wildman–Crippen MR) is 79.3 cm³/mol. The Bertz CT molecular complexity index is 628. The molecule has 1 aromatic carbocycles. The smallest absolute Gasteiger partial charge is 0.250 e. The minimum absolute atomic E-state index is 0.0454. The largest absolute Gasteiger partial charge is 0.488 e. The number of ether oxygens (including phenoxy) is 2. The maximum Gasteiger partial charge on any atom is 0.250 e. The minimum Gasteiger partial charge on any atom is -0.488 e. The summed E-state index contributed by atoms with van der Waals surface area (Å²) in [4.78, 5) is 12.4. The average molecular weight is 306 g/mol. The fraction of sp³-hybridized carbons (Fsp3) is 0.438. The first kappa shape index (κ1) is 13.2. The van der Waals surface area contributed by atoms with Crippen LogP contribution in [0.3, 0.4) is 0 Å². The van der Waals surface area contributed by atoms with E-state index >= 15 is 0 Å². The summed E-state index contributed by atoms with van der Waals surface area (Å²) in [5, 5.41) is 3.74. The molecule has 2 heterocycles. The van der Waals surface area contributed by atoms with Crippen LogP contribution in [0.1, 0.15) is 18.4 Å². The van der Waals surface area contributed by atoms with E-state index in [4.69, 9.17) is 21.1 Å². The zero-order chi connectivity index (χ0) is 14.4. The van der Waals surface area contributed by atoms with Gasteiger partial charge < -0.3 is 14.8 Å². The van der Waals surface area contributed by atoms with Gasteiger partial charge in [0.25, 0.3) is 5.91 Å². The van der Waals surface area contributed by atoms with Crippen LogP contribution in [0, 0.1) is 5.92 Å². The molecule has 1 aliphatic carbocycles. The number of amides is 1. The second-order valence-electron chi connectivity index (χ2n) is 5.82. The van der Waals surface area contributed by atoms with Crippen LogP contribution in [-0.4, -0.2) is 31.3 Å². The molecule has 4 rings (SSSR count). The Labute approximate surface area is 128 Å². The Morgan fingerprint density at radius 1 is 1.38 bits per heavy atom. The van der Waals surface area contributed by atoms with E-state index in [1.54, 1.807) is 6.07 Å². The molecule has 5 heteroatoms. The molecular weight excluding hydrogens is 290 g/mol. The van der Waals surface area contributed by atoms with Crippen molar-refractivity contribution in [3.63, 3.8) is 0 Å². The number of fused-ring (bicyclic) bond motifs is 2. The first-order chi connectivity index (χ1) is 10.2. The quantitative estimate of drug-likeness (QED) is 0.913. The summed E-state index contributed by atoms with van der Waals surface area (Å²) >= 11 is 5.98. The average Bonchev–Trinajstić information content (AvgIpc) is 2.85. The van der Waals surface area contributed by atoms with Gasteiger partial charge in [-0.2, -0.15) is 0 Å². The number of benzene rings is 1. The van der Waals surface area contributed by atoms with Gasteiger partial charge in [0.1, 0.15) is 12.4 Å². The highest BCUT2D eigenvalue weighted by atomic mass is 35.5. The lowest BCUT2D eigenvalue weighted by molar-refractivity contribution is -0.120. The third-order valence-electron chi connectivity index (χ3n) is 4.56. The van der Waals surface area contributed by atoms with Gasteiger partial charge in [-0.25, -0.2) is 0 Å². The first-order valence-electron chi connectivity index (χ1n) is 7.26. The van der Waals surface area contributed by atoms with E-state index in [-0.39, 0.29) is 11.9 Å². The Hall–Kier alpha value is -1.52. The van der Waals surface area contributed by atoms with Crippen molar-refractivity contribution in [3.8, 4) is 5.75 Å². The van der Waals surface area contributed by atoms with Gasteiger partial charge in [0.2, 0.25) is 0 Å². The molecule has 0 spiro atoms. The lowest BCUT2D eigenvalue weighted by atomic mass is 9.76. The zero-order valence-corrected chi connectivity index (χ0v) is 12.2. The molecule has 1 amide bonds. The molecular formula is C16H16ClNO3. The zero-order valence-electron chi connectivity index (χ0n) is 11.5. The summed E-state index contributed by atoms with van der Waals surface area (Å²) in [5.74, 6) is 1.21. The Kier molecular flexibility index (Phi) is 3.16. The van der Waals surface area contributed by atoms with Gasteiger partial charge in [-0.15, -0.1) is 0 Å². The van der Waals surface area contributed by atoms with E-state index < -0.39 is 0 Å². The highest BCUT2D eigenvalue weighted by Gasteiger charge is 2.45. The van der Waals surface area contributed by atoms with Crippen molar-refractivity contribution in [2.45, 2.75) is 25.0 Å². The highest BCUT2D eigenvalue weighted by molar-refractivity contribution is 6.30. The number of hydrogen-bond acceptors (Lipinski definition) is 3. The van der Waals surface area contributed by atoms with Crippen molar-refractivity contribution >= 4 is 23.6 Å². The van der Waals surface area contributed by atoms with E-state index in [9.17, 15) is 4.79 Å². The molecule has 2 fully saturated rings. The van der Waals surface area contributed by atoms with Crippen molar-refractivity contribution in [2.75, 3.05) is 13.2 Å². The number of halogens is 1. The number of rotatable bonds is 2. The summed E-state index contributed by atoms with van der Waals surface area (Å²) in [5.41, 5.74) is 1.50. The van der Waals surface area contributed by atoms with Crippen LogP contribution in [0.4, 0.5) is 0 Å². The molecule has 0 radical (unpaired) electrons. The molecule has 0 bridgehead atoms. The number of nitrogens with one attached hydrogen (secondary N) is 1. The predicted octanol–water partition coefficient (Wildman–Crippen LogP) is 2.41. The number of hydrogen-bond donors (Lipinski definition) is 1. The van der Waals surface area contributed by atoms with Gasteiger partial charge in [-0.05, 0) is 37.1 Å². The van der Waals surface area contributed by atoms with E-state index in [0.29, 0.717) is 29.2 Å². The molecule has 1 aromatic rings. The van der Waals surface area contributed by atoms with Crippen molar-refractivity contribution in [1.29, 1.82) is 0 Å². The van der Waals surface area contributed by atoms with Gasteiger partial charge in [-0.1, -0.05) is 11.6 Å². The van der Waals surface area contributed by atoms with Gasteiger partial charge in [0.05, 0.1) is 11.7 Å². The molecule has 4 nitrogen and oxygen atoms in total. The van der Waals surface area contributed by atoms with Crippen LogP contribution >= 0.6 is 11.6 Å². The van der Waals surface area contributed by atoms with Crippen LogP contribution in [-0.2, 0) is 9.53 Å². The second-order valence-corrected chi connectivity index (χ2v) is 6.25. The molecule has 1 saturated heterocycles. The number of carbonyl (C=O) groups is 1. The summed E-state index contributed by atoms with van der Waals surface area (Å²) in [6.07, 6.45) is 4.18. The molecule has 2 aliphatic heterocycles. The van der Waals surface area contributed by atoms with Crippen LogP contribution in [0.2, 0.25) is 5.02 Å². The van der Waals surface area contributed by atoms with E-state index in [0.717, 1.165) is 30.8 Å². The van der Waals surface area contributed by atoms with Crippen molar-refractivity contribution < 1.29 is 14.3 Å². The summed E-state index contributed by atoms with van der Waals surface area (Å²) in [7, 11) is 0. The van der Waals surface area contributed by atoms with Crippen LogP contribution in [0.25, 0.3) is 6.08 Å².